The Morgan fingerprint density at radius 2 is 2.26 bits per heavy atom. The van der Waals surface area contributed by atoms with Crippen molar-refractivity contribution in [2.24, 2.45) is 0 Å². The normalized spacial score (nSPS) is 13.3. The second kappa shape index (κ2) is 5.57. The van der Waals surface area contributed by atoms with Crippen LogP contribution in [0.5, 0.6) is 0 Å². The first-order valence-corrected chi connectivity index (χ1v) is 7.61. The highest BCUT2D eigenvalue weighted by molar-refractivity contribution is 7.98. The molecule has 1 aliphatic rings. The van der Waals surface area contributed by atoms with Crippen LogP contribution in [0.25, 0.3) is 0 Å². The van der Waals surface area contributed by atoms with Crippen LogP contribution in [0.1, 0.15) is 29.6 Å². The Morgan fingerprint density at radius 1 is 1.32 bits per heavy atom. The van der Waals surface area contributed by atoms with E-state index in [1.54, 1.807) is 6.20 Å². The highest BCUT2D eigenvalue weighted by atomic mass is 32.2. The fourth-order valence-electron chi connectivity index (χ4n) is 2.18. The molecule has 3 heterocycles. The van der Waals surface area contributed by atoms with E-state index in [-0.39, 0.29) is 0 Å². The van der Waals surface area contributed by atoms with Gasteiger partial charge >= 0.3 is 0 Å². The number of nitrogens with zero attached hydrogens (tertiary/aromatic N) is 3. The van der Waals surface area contributed by atoms with E-state index in [1.807, 2.05) is 24.0 Å². The predicted molar refractivity (Wildman–Crippen MR) is 78.2 cm³/mol. The molecule has 0 amide bonds. The van der Waals surface area contributed by atoms with Gasteiger partial charge in [-0.3, -0.25) is 4.98 Å². The van der Waals surface area contributed by atoms with Crippen molar-refractivity contribution in [2.75, 3.05) is 11.9 Å². The Kier molecular flexibility index (Phi) is 3.64. The highest BCUT2D eigenvalue weighted by Crippen LogP contribution is 2.32. The molecule has 0 unspecified atom stereocenters. The number of hydrogen-bond acceptors (Lipinski definition) is 5. The fourth-order valence-corrected chi connectivity index (χ4v) is 3.22. The Hall–Kier alpha value is -1.62. The lowest BCUT2D eigenvalue weighted by molar-refractivity contribution is 0.920. The lowest BCUT2D eigenvalue weighted by atomic mass is 10.2. The second-order valence-corrected chi connectivity index (χ2v) is 5.46. The number of fused-ring (bicyclic) bond motifs is 1. The number of pyridine rings is 1. The summed E-state index contributed by atoms with van der Waals surface area (Å²) in [5.41, 5.74) is 3.62. The van der Waals surface area contributed by atoms with E-state index < -0.39 is 0 Å². The molecule has 98 valence electrons. The molecular formula is C14H16N4S. The quantitative estimate of drug-likeness (QED) is 0.927. The fraction of sp³-hybridized carbons (Fsp3) is 0.357. The van der Waals surface area contributed by atoms with Gasteiger partial charge in [0, 0.05) is 42.4 Å². The van der Waals surface area contributed by atoms with Gasteiger partial charge in [0.1, 0.15) is 11.6 Å². The van der Waals surface area contributed by atoms with E-state index in [0.29, 0.717) is 0 Å². The zero-order valence-electron chi connectivity index (χ0n) is 10.9. The van der Waals surface area contributed by atoms with Crippen LogP contribution in [0.15, 0.2) is 24.5 Å². The maximum Gasteiger partial charge on any atom is 0.135 e. The summed E-state index contributed by atoms with van der Waals surface area (Å²) in [5, 5.41) is 3.35. The van der Waals surface area contributed by atoms with Crippen LogP contribution in [0.4, 0.5) is 5.82 Å². The second-order valence-electron chi connectivity index (χ2n) is 4.47. The summed E-state index contributed by atoms with van der Waals surface area (Å²) in [6, 6.07) is 4.01. The van der Waals surface area contributed by atoms with Gasteiger partial charge in [0.25, 0.3) is 0 Å². The van der Waals surface area contributed by atoms with E-state index in [4.69, 9.17) is 4.98 Å². The smallest absolute Gasteiger partial charge is 0.135 e. The monoisotopic (exact) mass is 272 g/mol. The molecule has 0 saturated heterocycles. The van der Waals surface area contributed by atoms with Crippen molar-refractivity contribution in [3.8, 4) is 0 Å². The van der Waals surface area contributed by atoms with E-state index in [1.165, 1.54) is 11.3 Å². The van der Waals surface area contributed by atoms with Crippen molar-refractivity contribution in [3.05, 3.63) is 47.2 Å². The maximum atomic E-state index is 4.69. The zero-order valence-corrected chi connectivity index (χ0v) is 11.7. The molecule has 1 N–H and O–H groups in total. The third-order valence-corrected chi connectivity index (χ3v) is 4.02. The Bertz CT molecular complexity index is 571. The van der Waals surface area contributed by atoms with Gasteiger partial charge in [0.2, 0.25) is 0 Å². The highest BCUT2D eigenvalue weighted by Gasteiger charge is 2.19. The molecule has 3 rings (SSSR count). The first kappa shape index (κ1) is 12.4. The van der Waals surface area contributed by atoms with E-state index in [0.717, 1.165) is 41.7 Å². The van der Waals surface area contributed by atoms with Gasteiger partial charge in [0.15, 0.2) is 0 Å². The predicted octanol–water partition coefficient (Wildman–Crippen LogP) is 2.64. The third-order valence-electron chi connectivity index (χ3n) is 3.05. The molecule has 0 aliphatic carbocycles. The summed E-state index contributed by atoms with van der Waals surface area (Å²) >= 11 is 1.90. The number of anilines is 1. The number of rotatable bonds is 4. The van der Waals surface area contributed by atoms with Crippen molar-refractivity contribution in [1.29, 1.82) is 0 Å². The Morgan fingerprint density at radius 3 is 3.05 bits per heavy atom. The zero-order chi connectivity index (χ0) is 13.1. The molecule has 0 atom stereocenters. The number of thioether (sulfide) groups is 1. The summed E-state index contributed by atoms with van der Waals surface area (Å²) in [4.78, 5) is 13.5. The van der Waals surface area contributed by atoms with Gasteiger partial charge in [0.05, 0.1) is 5.69 Å². The topological polar surface area (TPSA) is 50.7 Å². The largest absolute Gasteiger partial charge is 0.370 e. The molecule has 0 aromatic carbocycles. The van der Waals surface area contributed by atoms with E-state index in [2.05, 4.69) is 28.3 Å². The van der Waals surface area contributed by atoms with E-state index in [9.17, 15) is 0 Å². The molecule has 2 aromatic heterocycles. The van der Waals surface area contributed by atoms with Gasteiger partial charge in [-0.1, -0.05) is 6.07 Å². The average Bonchev–Trinajstić information content (AvgIpc) is 2.89. The van der Waals surface area contributed by atoms with Gasteiger partial charge in [-0.15, -0.1) is 0 Å². The Balaban J connectivity index is 1.92. The lowest BCUT2D eigenvalue weighted by Crippen LogP contribution is -2.09. The van der Waals surface area contributed by atoms with Gasteiger partial charge < -0.3 is 5.32 Å². The minimum absolute atomic E-state index is 0.740. The van der Waals surface area contributed by atoms with Crippen molar-refractivity contribution >= 4 is 17.6 Å². The minimum Gasteiger partial charge on any atom is -0.370 e. The first-order chi connectivity index (χ1) is 9.36. The minimum atomic E-state index is 0.740. The number of nitrogens with one attached hydrogen (secondary N) is 1. The van der Waals surface area contributed by atoms with Crippen molar-refractivity contribution in [1.82, 2.24) is 15.0 Å². The summed E-state index contributed by atoms with van der Waals surface area (Å²) in [6.45, 7) is 2.98. The molecule has 2 aromatic rings. The van der Waals surface area contributed by atoms with Crippen LogP contribution < -0.4 is 5.32 Å². The molecule has 0 bridgehead atoms. The first-order valence-electron chi connectivity index (χ1n) is 6.46. The average molecular weight is 272 g/mol. The molecule has 5 heteroatoms. The number of hydrogen-bond donors (Lipinski definition) is 1. The van der Waals surface area contributed by atoms with Crippen LogP contribution in [0.3, 0.4) is 0 Å². The summed E-state index contributed by atoms with van der Waals surface area (Å²) in [6.07, 6.45) is 4.40. The summed E-state index contributed by atoms with van der Waals surface area (Å²) in [5.74, 6) is 3.91. The summed E-state index contributed by atoms with van der Waals surface area (Å²) < 4.78 is 0. The molecule has 1 aliphatic heterocycles. The van der Waals surface area contributed by atoms with Crippen LogP contribution in [0, 0.1) is 0 Å². The van der Waals surface area contributed by atoms with Gasteiger partial charge in [-0.2, -0.15) is 11.8 Å². The SMILES string of the molecule is CCNc1nc(Cc2cccnc2)nc2c1CSC2. The molecule has 4 nitrogen and oxygen atoms in total. The molecular weight excluding hydrogens is 256 g/mol. The van der Waals surface area contributed by atoms with Crippen molar-refractivity contribution in [3.63, 3.8) is 0 Å². The standard InChI is InChI=1S/C14H16N4S/c1-2-16-14-11-8-19-9-12(11)17-13(18-14)6-10-4-3-5-15-7-10/h3-5,7H,2,6,8-9H2,1H3,(H,16,17,18). The number of aromatic nitrogens is 3. The maximum absolute atomic E-state index is 4.69. The van der Waals surface area contributed by atoms with Crippen LogP contribution in [-0.4, -0.2) is 21.5 Å². The van der Waals surface area contributed by atoms with E-state index >= 15 is 0 Å². The van der Waals surface area contributed by atoms with Gasteiger partial charge in [-0.25, -0.2) is 9.97 Å². The van der Waals surface area contributed by atoms with Crippen LogP contribution >= 0.6 is 11.8 Å². The molecule has 0 radical (unpaired) electrons. The molecule has 0 spiro atoms. The molecule has 0 saturated carbocycles. The van der Waals surface area contributed by atoms with Crippen LogP contribution in [0.2, 0.25) is 0 Å². The summed E-state index contributed by atoms with van der Waals surface area (Å²) in [7, 11) is 0. The third kappa shape index (κ3) is 2.71. The molecule has 19 heavy (non-hydrogen) atoms. The Labute approximate surface area is 117 Å². The van der Waals surface area contributed by atoms with Gasteiger partial charge in [-0.05, 0) is 18.6 Å². The van der Waals surface area contributed by atoms with Crippen molar-refractivity contribution < 1.29 is 0 Å². The molecule has 0 fully saturated rings. The van der Waals surface area contributed by atoms with Crippen LogP contribution in [-0.2, 0) is 17.9 Å². The lowest BCUT2D eigenvalue weighted by Gasteiger charge is -2.10. The van der Waals surface area contributed by atoms with Crippen molar-refractivity contribution in [2.45, 2.75) is 24.9 Å².